The van der Waals surface area contributed by atoms with Gasteiger partial charge in [0.2, 0.25) is 0 Å². The fourth-order valence-corrected chi connectivity index (χ4v) is 3.68. The minimum atomic E-state index is -0.0793. The maximum Gasteiger partial charge on any atom is 0.274 e. The summed E-state index contributed by atoms with van der Waals surface area (Å²) >= 11 is 0. The molecule has 7 heteroatoms. The molecule has 0 radical (unpaired) electrons. The highest BCUT2D eigenvalue weighted by molar-refractivity contribution is 5.93. The number of likely N-dealkylation sites (tertiary alicyclic amines) is 1. The van der Waals surface area contributed by atoms with E-state index in [1.165, 1.54) is 0 Å². The van der Waals surface area contributed by atoms with E-state index in [4.69, 9.17) is 9.15 Å². The molecule has 1 amide bonds. The fourth-order valence-electron chi connectivity index (χ4n) is 3.68. The summed E-state index contributed by atoms with van der Waals surface area (Å²) in [6.07, 6.45) is 4.96. The van der Waals surface area contributed by atoms with Crippen LogP contribution in [-0.2, 0) is 0 Å². The molecule has 1 fully saturated rings. The van der Waals surface area contributed by atoms with Crippen molar-refractivity contribution in [2.24, 2.45) is 0 Å². The number of amides is 1. The third-order valence-corrected chi connectivity index (χ3v) is 5.20. The van der Waals surface area contributed by atoms with Gasteiger partial charge in [0.1, 0.15) is 23.1 Å². The number of carbonyl (C=O) groups is 1. The third kappa shape index (κ3) is 3.47. The molecule has 3 aromatic heterocycles. The van der Waals surface area contributed by atoms with Gasteiger partial charge in [-0.05, 0) is 24.3 Å². The van der Waals surface area contributed by atoms with Crippen LogP contribution >= 0.6 is 0 Å². The van der Waals surface area contributed by atoms with Crippen LogP contribution in [0.25, 0.3) is 22.4 Å². The van der Waals surface area contributed by atoms with Crippen LogP contribution in [0.1, 0.15) is 23.3 Å². The van der Waals surface area contributed by atoms with Gasteiger partial charge in [-0.1, -0.05) is 18.2 Å². The lowest BCUT2D eigenvalue weighted by Crippen LogP contribution is -2.42. The van der Waals surface area contributed by atoms with Gasteiger partial charge in [-0.2, -0.15) is 5.10 Å². The van der Waals surface area contributed by atoms with E-state index in [9.17, 15) is 4.79 Å². The molecule has 29 heavy (non-hydrogen) atoms. The number of ether oxygens (including phenoxy) is 1. The van der Waals surface area contributed by atoms with E-state index >= 15 is 0 Å². The number of para-hydroxylation sites is 1. The number of nitrogens with one attached hydrogen (secondary N) is 1. The SMILES string of the molecule is O=C(c1cc(-c2ccco2)[nH]n1)N1CCC(Oc2cccc3cccnc23)CC1. The molecule has 146 valence electrons. The van der Waals surface area contributed by atoms with Gasteiger partial charge in [-0.15, -0.1) is 0 Å². The van der Waals surface area contributed by atoms with Crippen molar-refractivity contribution in [3.63, 3.8) is 0 Å². The average Bonchev–Trinajstić information content (AvgIpc) is 3.46. The number of furan rings is 1. The van der Waals surface area contributed by atoms with Gasteiger partial charge in [0, 0.05) is 43.6 Å². The minimum Gasteiger partial charge on any atom is -0.488 e. The summed E-state index contributed by atoms with van der Waals surface area (Å²) in [4.78, 5) is 19.1. The maximum absolute atomic E-state index is 12.8. The van der Waals surface area contributed by atoms with Gasteiger partial charge in [0.15, 0.2) is 11.5 Å². The quantitative estimate of drug-likeness (QED) is 0.573. The van der Waals surface area contributed by atoms with Gasteiger partial charge in [-0.3, -0.25) is 14.9 Å². The van der Waals surface area contributed by atoms with Gasteiger partial charge in [-0.25, -0.2) is 0 Å². The van der Waals surface area contributed by atoms with Gasteiger partial charge in [0.05, 0.1) is 6.26 Å². The number of hydrogen-bond acceptors (Lipinski definition) is 5. The number of nitrogens with zero attached hydrogens (tertiary/aromatic N) is 3. The zero-order valence-electron chi connectivity index (χ0n) is 15.7. The van der Waals surface area contributed by atoms with E-state index in [2.05, 4.69) is 15.2 Å². The summed E-state index contributed by atoms with van der Waals surface area (Å²) in [6.45, 7) is 1.26. The zero-order valence-corrected chi connectivity index (χ0v) is 15.7. The van der Waals surface area contributed by atoms with E-state index in [0.29, 0.717) is 30.2 Å². The summed E-state index contributed by atoms with van der Waals surface area (Å²) in [5.41, 5.74) is 1.96. The molecule has 1 aliphatic rings. The third-order valence-electron chi connectivity index (χ3n) is 5.20. The number of benzene rings is 1. The van der Waals surface area contributed by atoms with Crippen LogP contribution in [-0.4, -0.2) is 45.2 Å². The van der Waals surface area contributed by atoms with Crippen molar-refractivity contribution in [2.75, 3.05) is 13.1 Å². The van der Waals surface area contributed by atoms with Gasteiger partial charge < -0.3 is 14.1 Å². The number of H-pyrrole nitrogens is 1. The monoisotopic (exact) mass is 388 g/mol. The van der Waals surface area contributed by atoms with Crippen LogP contribution in [0, 0.1) is 0 Å². The van der Waals surface area contributed by atoms with Crippen molar-refractivity contribution in [3.05, 3.63) is 66.7 Å². The molecule has 0 bridgehead atoms. The Morgan fingerprint density at radius 3 is 2.83 bits per heavy atom. The predicted molar refractivity (Wildman–Crippen MR) is 108 cm³/mol. The van der Waals surface area contributed by atoms with Crippen molar-refractivity contribution in [1.29, 1.82) is 0 Å². The predicted octanol–water partition coefficient (Wildman–Crippen LogP) is 3.90. The number of fused-ring (bicyclic) bond motifs is 1. The smallest absolute Gasteiger partial charge is 0.274 e. The van der Waals surface area contributed by atoms with E-state index in [-0.39, 0.29) is 12.0 Å². The molecule has 0 atom stereocenters. The largest absolute Gasteiger partial charge is 0.488 e. The molecule has 1 N–H and O–H groups in total. The van der Waals surface area contributed by atoms with E-state index in [0.717, 1.165) is 29.5 Å². The summed E-state index contributed by atoms with van der Waals surface area (Å²) in [5.74, 6) is 1.37. The Labute approximate surface area is 167 Å². The zero-order chi connectivity index (χ0) is 19.6. The Hall–Kier alpha value is -3.61. The lowest BCUT2D eigenvalue weighted by Gasteiger charge is -2.31. The second-order valence-electron chi connectivity index (χ2n) is 7.08. The molecule has 5 rings (SSSR count). The molecule has 0 aliphatic carbocycles. The van der Waals surface area contributed by atoms with Gasteiger partial charge >= 0.3 is 0 Å². The number of hydrogen-bond donors (Lipinski definition) is 1. The van der Waals surface area contributed by atoms with E-state index in [1.807, 2.05) is 41.3 Å². The minimum absolute atomic E-state index is 0.0597. The standard InChI is InChI=1S/C22H20N4O3/c27-22(18-14-17(24-25-18)19-7-3-13-28-19)26-11-8-16(9-12-26)29-20-6-1-4-15-5-2-10-23-21(15)20/h1-7,10,13-14,16H,8-9,11-12H2,(H,24,25). The fraction of sp³-hybridized carbons (Fsp3) is 0.227. The molecule has 1 saturated heterocycles. The number of piperidine rings is 1. The number of aromatic nitrogens is 3. The van der Waals surface area contributed by atoms with E-state index < -0.39 is 0 Å². The Morgan fingerprint density at radius 1 is 1.14 bits per heavy atom. The second-order valence-corrected chi connectivity index (χ2v) is 7.08. The first-order valence-electron chi connectivity index (χ1n) is 9.67. The first-order valence-corrected chi connectivity index (χ1v) is 9.67. The van der Waals surface area contributed by atoms with Crippen molar-refractivity contribution >= 4 is 16.8 Å². The van der Waals surface area contributed by atoms with Crippen LogP contribution in [0.4, 0.5) is 0 Å². The maximum atomic E-state index is 12.8. The Kier molecular flexibility index (Phi) is 4.48. The normalized spacial score (nSPS) is 15.0. The Morgan fingerprint density at radius 2 is 2.00 bits per heavy atom. The lowest BCUT2D eigenvalue weighted by atomic mass is 10.1. The van der Waals surface area contributed by atoms with Crippen LogP contribution in [0.5, 0.6) is 5.75 Å². The highest BCUT2D eigenvalue weighted by Crippen LogP contribution is 2.27. The number of pyridine rings is 1. The summed E-state index contributed by atoms with van der Waals surface area (Å²) < 4.78 is 11.6. The molecular formula is C22H20N4O3. The molecule has 0 spiro atoms. The van der Waals surface area contributed by atoms with Crippen molar-refractivity contribution in [3.8, 4) is 17.2 Å². The molecular weight excluding hydrogens is 368 g/mol. The summed E-state index contributed by atoms with van der Waals surface area (Å²) in [7, 11) is 0. The highest BCUT2D eigenvalue weighted by Gasteiger charge is 2.26. The first-order chi connectivity index (χ1) is 14.3. The van der Waals surface area contributed by atoms with Crippen molar-refractivity contribution < 1.29 is 13.9 Å². The first kappa shape index (κ1) is 17.5. The molecule has 0 saturated carbocycles. The van der Waals surface area contributed by atoms with E-state index in [1.54, 1.807) is 24.6 Å². The molecule has 4 aromatic rings. The Bertz CT molecular complexity index is 1120. The molecule has 7 nitrogen and oxygen atoms in total. The number of rotatable bonds is 4. The molecule has 1 aromatic carbocycles. The van der Waals surface area contributed by atoms with Crippen LogP contribution in [0.3, 0.4) is 0 Å². The van der Waals surface area contributed by atoms with Crippen LogP contribution in [0.2, 0.25) is 0 Å². The Balaban J connectivity index is 1.23. The topological polar surface area (TPSA) is 84.2 Å². The lowest BCUT2D eigenvalue weighted by molar-refractivity contribution is 0.0592. The summed E-state index contributed by atoms with van der Waals surface area (Å²) in [5, 5.41) is 8.08. The van der Waals surface area contributed by atoms with Crippen molar-refractivity contribution in [1.82, 2.24) is 20.1 Å². The highest BCUT2D eigenvalue weighted by atomic mass is 16.5. The summed E-state index contributed by atoms with van der Waals surface area (Å²) in [6, 6.07) is 15.3. The second kappa shape index (κ2) is 7.43. The van der Waals surface area contributed by atoms with Crippen molar-refractivity contribution in [2.45, 2.75) is 18.9 Å². The molecule has 4 heterocycles. The van der Waals surface area contributed by atoms with Crippen LogP contribution in [0.15, 0.2) is 65.4 Å². The number of carbonyl (C=O) groups excluding carboxylic acids is 1. The molecule has 1 aliphatic heterocycles. The average molecular weight is 388 g/mol. The molecule has 0 unspecified atom stereocenters. The van der Waals surface area contributed by atoms with Crippen LogP contribution < -0.4 is 4.74 Å². The number of aromatic amines is 1. The van der Waals surface area contributed by atoms with Gasteiger partial charge in [0.25, 0.3) is 5.91 Å².